The predicted octanol–water partition coefficient (Wildman–Crippen LogP) is 5.99. The van der Waals surface area contributed by atoms with E-state index in [-0.39, 0.29) is 0 Å². The van der Waals surface area contributed by atoms with E-state index in [1.165, 1.54) is 44.1 Å². The molecule has 0 unspecified atom stereocenters. The second kappa shape index (κ2) is 6.57. The molecule has 0 amide bonds. The maximum absolute atomic E-state index is 2.34. The number of nitrogens with zero attached hydrogens (tertiary/aromatic N) is 1. The number of hydrogen-bond donors (Lipinski definition) is 0. The van der Waals surface area contributed by atoms with E-state index >= 15 is 0 Å². The van der Waals surface area contributed by atoms with E-state index in [0.29, 0.717) is 5.92 Å². The van der Waals surface area contributed by atoms with Gasteiger partial charge in [-0.2, -0.15) is 4.57 Å². The van der Waals surface area contributed by atoms with Crippen LogP contribution in [-0.2, 0) is 13.5 Å². The minimum Gasteiger partial charge on any atom is -0.194 e. The highest BCUT2D eigenvalue weighted by molar-refractivity contribution is 5.91. The summed E-state index contributed by atoms with van der Waals surface area (Å²) in [5.41, 5.74) is 6.61. The third-order valence-corrected chi connectivity index (χ3v) is 5.35. The van der Waals surface area contributed by atoms with Crippen LogP contribution in [0.3, 0.4) is 0 Å². The lowest BCUT2D eigenvalue weighted by atomic mass is 9.96. The SMILES string of the molecule is Cc1c(-c2ccc3cc(CC(C)C)ccc3[n+]2C)ccc2ccccc12. The summed E-state index contributed by atoms with van der Waals surface area (Å²) in [6.45, 7) is 6.78. The quantitative estimate of drug-likeness (QED) is 0.403. The Morgan fingerprint density at radius 3 is 2.42 bits per heavy atom. The molecule has 0 spiro atoms. The summed E-state index contributed by atoms with van der Waals surface area (Å²) in [5.74, 6) is 0.681. The van der Waals surface area contributed by atoms with Gasteiger partial charge in [0.25, 0.3) is 0 Å². The largest absolute Gasteiger partial charge is 0.213 e. The molecule has 0 aliphatic rings. The van der Waals surface area contributed by atoms with Gasteiger partial charge < -0.3 is 0 Å². The number of benzene rings is 3. The predicted molar refractivity (Wildman–Crippen MR) is 111 cm³/mol. The van der Waals surface area contributed by atoms with Crippen molar-refractivity contribution in [1.82, 2.24) is 0 Å². The van der Waals surface area contributed by atoms with Gasteiger partial charge in [0.1, 0.15) is 7.05 Å². The molecule has 4 rings (SSSR count). The van der Waals surface area contributed by atoms with E-state index < -0.39 is 0 Å². The third-order valence-electron chi connectivity index (χ3n) is 5.35. The van der Waals surface area contributed by atoms with Crippen molar-refractivity contribution in [3.05, 3.63) is 77.9 Å². The Morgan fingerprint density at radius 1 is 0.846 bits per heavy atom. The fraction of sp³-hybridized carbons (Fsp3) is 0.240. The molecule has 0 N–H and O–H groups in total. The van der Waals surface area contributed by atoms with Gasteiger partial charge in [0.05, 0.1) is 0 Å². The highest BCUT2D eigenvalue weighted by atomic mass is 14.9. The van der Waals surface area contributed by atoms with Crippen LogP contribution in [0, 0.1) is 12.8 Å². The normalized spacial score (nSPS) is 11.6. The molecule has 0 aliphatic heterocycles. The Balaban J connectivity index is 1.87. The molecule has 0 atom stereocenters. The lowest BCUT2D eigenvalue weighted by molar-refractivity contribution is -0.633. The number of aromatic nitrogens is 1. The second-order valence-corrected chi connectivity index (χ2v) is 7.73. The van der Waals surface area contributed by atoms with Crippen LogP contribution in [0.4, 0.5) is 0 Å². The molecular formula is C25H26N+. The molecule has 1 nitrogen and oxygen atoms in total. The minimum atomic E-state index is 0.681. The summed E-state index contributed by atoms with van der Waals surface area (Å²) in [6.07, 6.45) is 1.13. The van der Waals surface area contributed by atoms with Crippen LogP contribution < -0.4 is 4.57 Å². The lowest BCUT2D eigenvalue weighted by Gasteiger charge is -2.10. The second-order valence-electron chi connectivity index (χ2n) is 7.73. The van der Waals surface area contributed by atoms with Crippen molar-refractivity contribution < 1.29 is 4.57 Å². The first kappa shape index (κ1) is 16.8. The lowest BCUT2D eigenvalue weighted by Crippen LogP contribution is -2.32. The molecule has 0 bridgehead atoms. The van der Waals surface area contributed by atoms with Gasteiger partial charge in [-0.05, 0) is 59.4 Å². The molecule has 130 valence electrons. The number of hydrogen-bond acceptors (Lipinski definition) is 0. The monoisotopic (exact) mass is 340 g/mol. The molecule has 0 saturated carbocycles. The standard InChI is InChI=1S/C25H26N/c1-17(2)15-19-9-13-24-21(16-19)11-14-25(26(24)4)23-12-10-20-7-5-6-8-22(20)18(23)3/h5-14,16-17H,15H2,1-4H3/q+1. The van der Waals surface area contributed by atoms with E-state index in [0.717, 1.165) is 6.42 Å². The molecule has 1 aromatic heterocycles. The molecule has 0 saturated heterocycles. The van der Waals surface area contributed by atoms with Gasteiger partial charge in [-0.25, -0.2) is 0 Å². The van der Waals surface area contributed by atoms with Gasteiger partial charge in [0.2, 0.25) is 11.2 Å². The Hall–Kier alpha value is -2.67. The zero-order valence-electron chi connectivity index (χ0n) is 16.1. The van der Waals surface area contributed by atoms with Crippen molar-refractivity contribution >= 4 is 21.7 Å². The van der Waals surface area contributed by atoms with E-state index in [1.807, 2.05) is 0 Å². The molecule has 1 heteroatoms. The first-order chi connectivity index (χ1) is 12.5. The maximum Gasteiger partial charge on any atom is 0.213 e. The topological polar surface area (TPSA) is 3.88 Å². The van der Waals surface area contributed by atoms with Crippen LogP contribution in [0.25, 0.3) is 32.9 Å². The molecule has 0 radical (unpaired) electrons. The minimum absolute atomic E-state index is 0.681. The maximum atomic E-state index is 2.34. The van der Waals surface area contributed by atoms with Crippen LogP contribution >= 0.6 is 0 Å². The molecular weight excluding hydrogens is 314 g/mol. The molecule has 26 heavy (non-hydrogen) atoms. The van der Waals surface area contributed by atoms with Gasteiger partial charge in [-0.3, -0.25) is 0 Å². The Morgan fingerprint density at radius 2 is 1.62 bits per heavy atom. The van der Waals surface area contributed by atoms with Crippen molar-refractivity contribution in [2.45, 2.75) is 27.2 Å². The summed E-state index contributed by atoms with van der Waals surface area (Å²) in [6, 6.07) is 24.5. The summed E-state index contributed by atoms with van der Waals surface area (Å²) in [5, 5.41) is 3.95. The summed E-state index contributed by atoms with van der Waals surface area (Å²) in [4.78, 5) is 0. The number of pyridine rings is 1. The van der Waals surface area contributed by atoms with Gasteiger partial charge >= 0.3 is 0 Å². The Bertz CT molecular complexity index is 1110. The first-order valence-corrected chi connectivity index (χ1v) is 9.45. The fourth-order valence-corrected chi connectivity index (χ4v) is 4.03. The molecule has 1 heterocycles. The van der Waals surface area contributed by atoms with Crippen molar-refractivity contribution in [2.24, 2.45) is 13.0 Å². The average molecular weight is 340 g/mol. The first-order valence-electron chi connectivity index (χ1n) is 9.45. The Labute approximate surface area is 155 Å². The van der Waals surface area contributed by atoms with Gasteiger partial charge in [-0.1, -0.05) is 50.2 Å². The molecule has 4 aromatic rings. The molecule has 3 aromatic carbocycles. The highest BCUT2D eigenvalue weighted by Gasteiger charge is 2.17. The zero-order chi connectivity index (χ0) is 18.3. The summed E-state index contributed by atoms with van der Waals surface area (Å²) in [7, 11) is 2.18. The zero-order valence-corrected chi connectivity index (χ0v) is 16.1. The van der Waals surface area contributed by atoms with E-state index in [1.54, 1.807) is 0 Å². The molecule has 0 fully saturated rings. The van der Waals surface area contributed by atoms with Crippen LogP contribution in [0.1, 0.15) is 25.0 Å². The van der Waals surface area contributed by atoms with Crippen molar-refractivity contribution in [2.75, 3.05) is 0 Å². The summed E-state index contributed by atoms with van der Waals surface area (Å²) < 4.78 is 2.32. The van der Waals surface area contributed by atoms with Crippen molar-refractivity contribution in [3.8, 4) is 11.3 Å². The van der Waals surface area contributed by atoms with Crippen molar-refractivity contribution in [3.63, 3.8) is 0 Å². The Kier molecular flexibility index (Phi) is 4.24. The highest BCUT2D eigenvalue weighted by Crippen LogP contribution is 2.29. The fourth-order valence-electron chi connectivity index (χ4n) is 4.03. The number of rotatable bonds is 3. The number of fused-ring (bicyclic) bond motifs is 2. The van der Waals surface area contributed by atoms with Gasteiger partial charge in [0.15, 0.2) is 0 Å². The van der Waals surface area contributed by atoms with Crippen LogP contribution in [0.15, 0.2) is 66.7 Å². The average Bonchev–Trinajstić information content (AvgIpc) is 2.63. The van der Waals surface area contributed by atoms with Crippen LogP contribution in [0.5, 0.6) is 0 Å². The smallest absolute Gasteiger partial charge is 0.194 e. The van der Waals surface area contributed by atoms with Crippen molar-refractivity contribution in [1.29, 1.82) is 0 Å². The molecule has 0 aliphatic carbocycles. The van der Waals surface area contributed by atoms with Crippen LogP contribution in [0.2, 0.25) is 0 Å². The van der Waals surface area contributed by atoms with Gasteiger partial charge in [0, 0.05) is 23.1 Å². The van der Waals surface area contributed by atoms with E-state index in [9.17, 15) is 0 Å². The number of aryl methyl sites for hydroxylation is 2. The van der Waals surface area contributed by atoms with Gasteiger partial charge in [-0.15, -0.1) is 0 Å². The third kappa shape index (κ3) is 2.88. The summed E-state index contributed by atoms with van der Waals surface area (Å²) >= 11 is 0. The van der Waals surface area contributed by atoms with E-state index in [4.69, 9.17) is 0 Å². The van der Waals surface area contributed by atoms with E-state index in [2.05, 4.69) is 99.1 Å². The van der Waals surface area contributed by atoms with Crippen LogP contribution in [-0.4, -0.2) is 0 Å².